The summed E-state index contributed by atoms with van der Waals surface area (Å²) in [6.07, 6.45) is 0. The van der Waals surface area contributed by atoms with Crippen molar-refractivity contribution in [3.63, 3.8) is 0 Å². The predicted octanol–water partition coefficient (Wildman–Crippen LogP) is 2.19. The Bertz CT molecular complexity index is 457. The van der Waals surface area contributed by atoms with Gasteiger partial charge in [0, 0.05) is 19.7 Å². The van der Waals surface area contributed by atoms with Gasteiger partial charge in [0.05, 0.1) is 19.2 Å². The molecule has 0 fully saturated rings. The maximum Gasteiger partial charge on any atom is 0.191 e. The van der Waals surface area contributed by atoms with Crippen LogP contribution in [-0.2, 0) is 4.74 Å². The van der Waals surface area contributed by atoms with Gasteiger partial charge in [-0.1, -0.05) is 29.8 Å². The van der Waals surface area contributed by atoms with Crippen molar-refractivity contribution in [2.24, 2.45) is 4.99 Å². The van der Waals surface area contributed by atoms with Crippen LogP contribution in [0.2, 0.25) is 0 Å². The highest BCUT2D eigenvalue weighted by atomic mass is 16.5. The minimum atomic E-state index is 0.262. The minimum Gasteiger partial charge on any atom is -0.380 e. The zero-order chi connectivity index (χ0) is 17.1. The first kappa shape index (κ1) is 19.5. The van der Waals surface area contributed by atoms with E-state index in [1.165, 1.54) is 11.1 Å². The number of nitrogens with one attached hydrogen (secondary N) is 2. The molecule has 1 unspecified atom stereocenters. The molecule has 1 rings (SSSR count). The van der Waals surface area contributed by atoms with E-state index in [9.17, 15) is 0 Å². The maximum absolute atomic E-state index is 5.35. The number of hydrogen-bond acceptors (Lipinski definition) is 3. The van der Waals surface area contributed by atoms with Crippen LogP contribution in [0.4, 0.5) is 0 Å². The number of likely N-dealkylation sites (N-methyl/N-ethyl adjacent to an activating group) is 1. The zero-order valence-corrected chi connectivity index (χ0v) is 15.2. The summed E-state index contributed by atoms with van der Waals surface area (Å²) in [5, 5.41) is 6.58. The van der Waals surface area contributed by atoms with Crippen molar-refractivity contribution in [3.8, 4) is 0 Å². The van der Waals surface area contributed by atoms with Crippen LogP contribution in [0.1, 0.15) is 31.0 Å². The van der Waals surface area contributed by atoms with Gasteiger partial charge in [-0.2, -0.15) is 0 Å². The Labute approximate surface area is 141 Å². The van der Waals surface area contributed by atoms with Crippen LogP contribution in [0.5, 0.6) is 0 Å². The Morgan fingerprint density at radius 1 is 1.17 bits per heavy atom. The monoisotopic (exact) mass is 320 g/mol. The van der Waals surface area contributed by atoms with Crippen LogP contribution in [0.15, 0.2) is 29.3 Å². The number of aliphatic imine (C=N–C) groups is 1. The topological polar surface area (TPSA) is 48.9 Å². The third kappa shape index (κ3) is 7.48. The number of benzene rings is 1. The Hall–Kier alpha value is -1.59. The van der Waals surface area contributed by atoms with Crippen LogP contribution >= 0.6 is 0 Å². The lowest BCUT2D eigenvalue weighted by Gasteiger charge is -2.24. The largest absolute Gasteiger partial charge is 0.380 e. The summed E-state index contributed by atoms with van der Waals surface area (Å²) >= 11 is 0. The molecule has 2 N–H and O–H groups in total. The first-order valence-corrected chi connectivity index (χ1v) is 8.41. The van der Waals surface area contributed by atoms with E-state index in [0.29, 0.717) is 13.2 Å². The van der Waals surface area contributed by atoms with Crippen LogP contribution < -0.4 is 10.6 Å². The van der Waals surface area contributed by atoms with Gasteiger partial charge in [0.2, 0.25) is 0 Å². The Morgan fingerprint density at radius 3 is 2.43 bits per heavy atom. The van der Waals surface area contributed by atoms with Crippen molar-refractivity contribution in [2.45, 2.75) is 26.8 Å². The molecule has 0 spiro atoms. The van der Waals surface area contributed by atoms with Crippen LogP contribution in [0.3, 0.4) is 0 Å². The van der Waals surface area contributed by atoms with E-state index >= 15 is 0 Å². The SMILES string of the molecule is CCNC(=NCC(c1ccc(C)cc1)N(C)C)NCCOCC. The van der Waals surface area contributed by atoms with Gasteiger partial charge in [-0.25, -0.2) is 0 Å². The molecule has 1 aromatic rings. The highest BCUT2D eigenvalue weighted by molar-refractivity contribution is 5.79. The molecule has 0 saturated carbocycles. The second-order valence-corrected chi connectivity index (χ2v) is 5.73. The summed E-state index contributed by atoms with van der Waals surface area (Å²) < 4.78 is 5.35. The standard InChI is InChI=1S/C18H32N4O/c1-6-19-18(20-12-13-23-7-2)21-14-17(22(4)5)16-10-8-15(3)9-11-16/h8-11,17H,6-7,12-14H2,1-5H3,(H2,19,20,21). The lowest BCUT2D eigenvalue weighted by Crippen LogP contribution is -2.39. The molecular formula is C18H32N4O. The molecule has 0 saturated heterocycles. The molecule has 0 aliphatic rings. The maximum atomic E-state index is 5.35. The Balaban J connectivity index is 2.69. The molecule has 0 bridgehead atoms. The van der Waals surface area contributed by atoms with Crippen LogP contribution in [0.25, 0.3) is 0 Å². The highest BCUT2D eigenvalue weighted by Crippen LogP contribution is 2.19. The first-order valence-electron chi connectivity index (χ1n) is 8.41. The number of ether oxygens (including phenoxy) is 1. The van der Waals surface area contributed by atoms with Gasteiger partial charge < -0.3 is 20.3 Å². The van der Waals surface area contributed by atoms with Crippen molar-refractivity contribution < 1.29 is 4.74 Å². The number of guanidine groups is 1. The molecule has 0 heterocycles. The van der Waals surface area contributed by atoms with E-state index in [-0.39, 0.29) is 6.04 Å². The second-order valence-electron chi connectivity index (χ2n) is 5.73. The van der Waals surface area contributed by atoms with E-state index in [1.807, 2.05) is 6.92 Å². The van der Waals surface area contributed by atoms with Gasteiger partial charge in [-0.3, -0.25) is 4.99 Å². The molecule has 23 heavy (non-hydrogen) atoms. The quantitative estimate of drug-likeness (QED) is 0.416. The van der Waals surface area contributed by atoms with E-state index in [2.05, 4.69) is 67.7 Å². The molecular weight excluding hydrogens is 288 g/mol. The van der Waals surface area contributed by atoms with Gasteiger partial charge >= 0.3 is 0 Å². The molecule has 0 aliphatic carbocycles. The van der Waals surface area contributed by atoms with E-state index in [0.717, 1.165) is 25.7 Å². The summed E-state index contributed by atoms with van der Waals surface area (Å²) in [7, 11) is 4.19. The first-order chi connectivity index (χ1) is 11.1. The number of nitrogens with zero attached hydrogens (tertiary/aromatic N) is 2. The average molecular weight is 320 g/mol. The molecule has 0 amide bonds. The van der Waals surface area contributed by atoms with E-state index in [4.69, 9.17) is 9.73 Å². The van der Waals surface area contributed by atoms with Gasteiger partial charge in [0.15, 0.2) is 5.96 Å². The zero-order valence-electron chi connectivity index (χ0n) is 15.2. The summed E-state index contributed by atoms with van der Waals surface area (Å²) in [5.41, 5.74) is 2.57. The molecule has 1 atom stereocenters. The van der Waals surface area contributed by atoms with Crippen molar-refractivity contribution in [2.75, 3.05) is 46.9 Å². The van der Waals surface area contributed by atoms with Crippen LogP contribution in [0, 0.1) is 6.92 Å². The van der Waals surface area contributed by atoms with Gasteiger partial charge in [0.1, 0.15) is 0 Å². The van der Waals surface area contributed by atoms with Crippen molar-refractivity contribution in [1.82, 2.24) is 15.5 Å². The Kier molecular flexibility index (Phi) is 9.33. The van der Waals surface area contributed by atoms with Gasteiger partial charge in [0.25, 0.3) is 0 Å². The lowest BCUT2D eigenvalue weighted by molar-refractivity contribution is 0.152. The molecule has 1 aromatic carbocycles. The summed E-state index contributed by atoms with van der Waals surface area (Å²) in [6, 6.07) is 8.94. The average Bonchev–Trinajstić information content (AvgIpc) is 2.53. The Morgan fingerprint density at radius 2 is 1.87 bits per heavy atom. The predicted molar refractivity (Wildman–Crippen MR) is 98.1 cm³/mol. The van der Waals surface area contributed by atoms with Crippen molar-refractivity contribution in [1.29, 1.82) is 0 Å². The molecule has 130 valence electrons. The van der Waals surface area contributed by atoms with E-state index < -0.39 is 0 Å². The lowest BCUT2D eigenvalue weighted by atomic mass is 10.0. The number of rotatable bonds is 9. The fraction of sp³-hybridized carbons (Fsp3) is 0.611. The molecule has 5 nitrogen and oxygen atoms in total. The third-order valence-electron chi connectivity index (χ3n) is 3.59. The van der Waals surface area contributed by atoms with Crippen molar-refractivity contribution >= 4 is 5.96 Å². The number of aryl methyl sites for hydroxylation is 1. The molecule has 0 radical (unpaired) electrons. The second kappa shape index (κ2) is 11.0. The minimum absolute atomic E-state index is 0.262. The fourth-order valence-electron chi connectivity index (χ4n) is 2.26. The summed E-state index contributed by atoms with van der Waals surface area (Å²) in [6.45, 7) is 9.93. The van der Waals surface area contributed by atoms with Gasteiger partial charge in [-0.15, -0.1) is 0 Å². The summed E-state index contributed by atoms with van der Waals surface area (Å²) in [4.78, 5) is 6.93. The molecule has 0 aromatic heterocycles. The van der Waals surface area contributed by atoms with E-state index in [1.54, 1.807) is 0 Å². The molecule has 5 heteroatoms. The molecule has 0 aliphatic heterocycles. The van der Waals surface area contributed by atoms with Gasteiger partial charge in [-0.05, 0) is 40.4 Å². The normalized spacial score (nSPS) is 13.2. The smallest absolute Gasteiger partial charge is 0.191 e. The summed E-state index contributed by atoms with van der Waals surface area (Å²) in [5.74, 6) is 0.839. The highest BCUT2D eigenvalue weighted by Gasteiger charge is 2.13. The van der Waals surface area contributed by atoms with Crippen LogP contribution in [-0.4, -0.2) is 57.8 Å². The fourth-order valence-corrected chi connectivity index (χ4v) is 2.26. The number of hydrogen-bond donors (Lipinski definition) is 2. The third-order valence-corrected chi connectivity index (χ3v) is 3.59. The van der Waals surface area contributed by atoms with Crippen molar-refractivity contribution in [3.05, 3.63) is 35.4 Å².